The maximum atomic E-state index is 15.6. The Kier molecular flexibility index (Phi) is 45.6. The Morgan fingerprint density at radius 3 is 1.48 bits per heavy atom. The second kappa shape index (κ2) is 57.6. The number of aromatic nitrogens is 1. The largest absolute Gasteiger partial charge is 0.482 e. The molecular weight excluding hydrogens is 1920 g/mol. The average Bonchev–Trinajstić information content (AvgIpc) is 1.58. The molecule has 1 aromatic heterocycles. The molecule has 9 rings (SSSR count). The number of carboxylic acid groups (broad SMARTS) is 2. The van der Waals surface area contributed by atoms with Crippen LogP contribution in [0.5, 0.6) is 5.75 Å². The number of aliphatic hydroxyl groups excluding tert-OH is 1. The van der Waals surface area contributed by atoms with Crippen LogP contribution >= 0.6 is 11.8 Å². The Morgan fingerprint density at radius 2 is 0.899 bits per heavy atom. The molecule has 1 saturated heterocycles. The number of thioether (sulfide) groups is 1. The second-order valence-electron chi connectivity index (χ2n) is 39.1. The van der Waals surface area contributed by atoms with E-state index in [-0.39, 0.29) is 94.0 Å². The number of ether oxygens (including phenoxy) is 1. The van der Waals surface area contributed by atoms with Gasteiger partial charge in [0.25, 0.3) is 0 Å². The van der Waals surface area contributed by atoms with Gasteiger partial charge < -0.3 is 122 Å². The van der Waals surface area contributed by atoms with Gasteiger partial charge in [0.15, 0.2) is 6.61 Å². The van der Waals surface area contributed by atoms with Gasteiger partial charge in [-0.3, -0.25) is 81.5 Å². The summed E-state index contributed by atoms with van der Waals surface area (Å²) in [6, 6.07) is 16.9. The first-order valence-electron chi connectivity index (χ1n) is 50.3. The van der Waals surface area contributed by atoms with E-state index in [0.717, 1.165) is 37.3 Å². The SMILES string of the molecule is CCC(C)[C@@H]1NC(=O)[C@H](Cc2ccc(-c3ccccc3)cc2)NC(=O)[C@H](C(C)C)NC(=O)[C@H](Cc2c[nH]c3ccccc23)NC(=O)[C@H](CC(=O)O)NC(=O)[C@H](Cc2ccc(OCC(=O)O)cc2)NC(=O)[C@H](Cc2cccc3ccccc23)NC(=O)CSC[C@@H](C(=O)N[C@@H](C)C(N)=O)NC(=O)[C@H](C(C)O)NC(=O)[C@H](C(C)C)NC(=O)[C@H](CC2CCCCC2)NC(=O)[C@H](CCN)NC(=O)[C@@H](CC(C)C)NC(=O)[C@H](CCCN)NC1=O. The zero-order valence-corrected chi connectivity index (χ0v) is 86.0. The van der Waals surface area contributed by atoms with Crippen LogP contribution in [-0.2, 0) is 112 Å². The van der Waals surface area contributed by atoms with E-state index in [0.29, 0.717) is 63.0 Å². The standard InChI is InChI=1S/C106H143N19O22S/c1-11-60(8)90-105(145)114-75(34-23-44-107)93(133)115-77(46-57(2)3)95(135)113-76(43-45-108)94(134)116-79(47-63-24-14-12-15-25-63)99(139)123-89(59(6)7)104(144)125-91(62(10)126)106(146)121-84(102(142)111-61(9)92(109)132)55-148-56-85(127)112-81(50-69-30-22-29-68-28-18-19-31-72(68)69)97(137)117-78(49-65-37-41-71(42-38-65)147-54-87(130)131)96(136)119-83(52-86(128)129)98(138)118-82(51-70-53-110-74-33-21-20-32-73(70)74)101(141)122-88(58(4)5)103(143)120-80(100(140)124-90)48-64-35-39-67(40-36-64)66-26-16-13-17-27-66/h13,16-22,26-33,35-42,53,57-63,75-84,88-91,110,126H,11-12,14-15,23-25,34,43-52,54-56,107-108H2,1-10H3,(H2,109,132)(H,111,142)(H,112,127)(H,113,135)(H,114,145)(H,115,133)(H,116,134)(H,117,137)(H,118,138)(H,119,136)(H,120,143)(H,121,146)(H,122,141)(H,123,139)(H,124,140)(H,125,144)(H,128,129)(H,130,131)/t60?,61-,62?,75-,76-,77+,78-,79-,80-,81-,82-,83-,84-,88-,89-,90-,91-/m0/s1. The lowest BCUT2D eigenvalue weighted by Crippen LogP contribution is -2.63. The van der Waals surface area contributed by atoms with Crippen LogP contribution in [0.4, 0.5) is 0 Å². The average molecular weight is 2070 g/mol. The number of H-pyrrole nitrogens is 1. The molecule has 0 bridgehead atoms. The van der Waals surface area contributed by atoms with Crippen molar-refractivity contribution >= 4 is 140 Å². The molecule has 0 spiro atoms. The fraction of sp³-hybridized carbons (Fsp3) is 0.491. The smallest absolute Gasteiger partial charge is 0.341 e. The van der Waals surface area contributed by atoms with Gasteiger partial charge in [-0.2, -0.15) is 0 Å². The van der Waals surface area contributed by atoms with Crippen molar-refractivity contribution in [3.8, 4) is 16.9 Å². The van der Waals surface area contributed by atoms with Crippen LogP contribution in [0.25, 0.3) is 32.8 Å². The fourth-order valence-corrected chi connectivity index (χ4v) is 18.5. The Hall–Kier alpha value is -14.4. The van der Waals surface area contributed by atoms with Crippen LogP contribution in [0.1, 0.15) is 169 Å². The van der Waals surface area contributed by atoms with E-state index >= 15 is 43.2 Å². The zero-order valence-electron chi connectivity index (χ0n) is 85.1. The molecule has 25 N–H and O–H groups in total. The first-order valence-corrected chi connectivity index (χ1v) is 51.5. The van der Waals surface area contributed by atoms with Crippen molar-refractivity contribution in [2.75, 3.05) is 31.2 Å². The molecule has 6 aromatic carbocycles. The Bertz CT molecular complexity index is 5760. The van der Waals surface area contributed by atoms with Gasteiger partial charge in [0.05, 0.1) is 18.3 Å². The number of rotatable bonds is 31. The predicted molar refractivity (Wildman–Crippen MR) is 555 cm³/mol. The second-order valence-corrected chi connectivity index (χ2v) is 40.1. The molecule has 2 unspecified atom stereocenters. The number of fused-ring (bicyclic) bond motifs is 2. The number of carboxylic acids is 2. The van der Waals surface area contributed by atoms with Gasteiger partial charge in [-0.1, -0.05) is 221 Å². The van der Waals surface area contributed by atoms with Crippen molar-refractivity contribution in [2.24, 2.45) is 46.8 Å². The van der Waals surface area contributed by atoms with Crippen molar-refractivity contribution < 1.29 is 106 Å². The van der Waals surface area contributed by atoms with Crippen molar-refractivity contribution in [2.45, 2.75) is 269 Å². The summed E-state index contributed by atoms with van der Waals surface area (Å²) < 4.78 is 5.38. The first-order chi connectivity index (χ1) is 70.5. The highest BCUT2D eigenvalue weighted by molar-refractivity contribution is 8.00. The zero-order chi connectivity index (χ0) is 108. The van der Waals surface area contributed by atoms with Crippen LogP contribution in [0, 0.1) is 29.6 Å². The summed E-state index contributed by atoms with van der Waals surface area (Å²) in [7, 11) is 0. The number of nitrogens with two attached hydrogens (primary N) is 3. The number of benzene rings is 6. The van der Waals surface area contributed by atoms with Gasteiger partial charge in [0.1, 0.15) is 96.4 Å². The molecule has 2 fully saturated rings. The number of aliphatic carboxylic acids is 2. The molecule has 16 amide bonds. The van der Waals surface area contributed by atoms with Gasteiger partial charge in [0, 0.05) is 48.5 Å². The highest BCUT2D eigenvalue weighted by Crippen LogP contribution is 2.30. The first kappa shape index (κ1) is 117. The molecule has 148 heavy (non-hydrogen) atoms. The molecule has 1 aliphatic heterocycles. The summed E-state index contributed by atoms with van der Waals surface area (Å²) >= 11 is 0.712. The topological polar surface area (TPSA) is 651 Å². The summed E-state index contributed by atoms with van der Waals surface area (Å²) in [6.45, 7) is 14.7. The molecule has 7 aromatic rings. The number of carbonyl (C=O) groups excluding carboxylic acids is 16. The minimum absolute atomic E-state index is 0.0208. The number of hydrogen-bond acceptors (Lipinski definition) is 23. The lowest BCUT2D eigenvalue weighted by atomic mass is 9.84. The lowest BCUT2D eigenvalue weighted by molar-refractivity contribution is -0.142. The van der Waals surface area contributed by atoms with E-state index in [4.69, 9.17) is 21.9 Å². The van der Waals surface area contributed by atoms with Crippen molar-refractivity contribution in [3.63, 3.8) is 0 Å². The highest BCUT2D eigenvalue weighted by atomic mass is 32.2. The maximum Gasteiger partial charge on any atom is 0.341 e. The lowest BCUT2D eigenvalue weighted by Gasteiger charge is -2.31. The van der Waals surface area contributed by atoms with Crippen molar-refractivity contribution in [1.82, 2.24) is 84.7 Å². The number of aromatic amines is 1. The third kappa shape index (κ3) is 35.7. The number of hydrogen-bond donors (Lipinski definition) is 22. The molecule has 41 nitrogen and oxygen atoms in total. The molecule has 17 atom stereocenters. The molecule has 2 heterocycles. The third-order valence-electron chi connectivity index (χ3n) is 26.2. The van der Waals surface area contributed by atoms with Gasteiger partial charge in [-0.05, 0) is 151 Å². The van der Waals surface area contributed by atoms with Crippen LogP contribution in [-0.4, -0.2) is 255 Å². The van der Waals surface area contributed by atoms with Crippen LogP contribution < -0.4 is 102 Å². The highest BCUT2D eigenvalue weighted by Gasteiger charge is 2.43. The predicted octanol–water partition coefficient (Wildman–Crippen LogP) is 2.56. The normalized spacial score (nSPS) is 23.5. The van der Waals surface area contributed by atoms with E-state index in [1.807, 2.05) is 42.5 Å². The minimum atomic E-state index is -2.12. The molecule has 2 aliphatic rings. The summed E-state index contributed by atoms with van der Waals surface area (Å²) in [4.78, 5) is 268. The molecule has 0 radical (unpaired) electrons. The number of carbonyl (C=O) groups is 18. The summed E-state index contributed by atoms with van der Waals surface area (Å²) in [5, 5.41) is 73.7. The molecule has 1 saturated carbocycles. The van der Waals surface area contributed by atoms with E-state index in [1.54, 1.807) is 140 Å². The number of para-hydroxylation sites is 1. The third-order valence-corrected chi connectivity index (χ3v) is 27.2. The van der Waals surface area contributed by atoms with Crippen LogP contribution in [0.2, 0.25) is 0 Å². The fourth-order valence-electron chi connectivity index (χ4n) is 17.6. The number of primary amides is 1. The van der Waals surface area contributed by atoms with E-state index in [1.165, 1.54) is 31.2 Å². The summed E-state index contributed by atoms with van der Waals surface area (Å²) in [5.41, 5.74) is 21.7. The van der Waals surface area contributed by atoms with Gasteiger partial charge in [-0.15, -0.1) is 11.8 Å². The summed E-state index contributed by atoms with van der Waals surface area (Å²) in [5.74, 6) is -22.8. The maximum absolute atomic E-state index is 15.6. The van der Waals surface area contributed by atoms with E-state index < -0.39 is 252 Å². The number of aliphatic hydroxyl groups is 1. The van der Waals surface area contributed by atoms with Crippen LogP contribution in [0.15, 0.2) is 152 Å². The molecule has 800 valence electrons. The molecule has 42 heteroatoms. The van der Waals surface area contributed by atoms with E-state index in [2.05, 4.69) is 84.7 Å². The molecular formula is C106H143N19O22S. The van der Waals surface area contributed by atoms with Gasteiger partial charge in [0.2, 0.25) is 94.5 Å². The van der Waals surface area contributed by atoms with Gasteiger partial charge in [-0.25, -0.2) is 4.79 Å². The Morgan fingerprint density at radius 1 is 0.439 bits per heavy atom. The van der Waals surface area contributed by atoms with Gasteiger partial charge >= 0.3 is 11.9 Å². The van der Waals surface area contributed by atoms with Crippen molar-refractivity contribution in [3.05, 3.63) is 174 Å². The molecule has 1 aliphatic carbocycles. The minimum Gasteiger partial charge on any atom is -0.482 e. The van der Waals surface area contributed by atoms with Crippen LogP contribution in [0.3, 0.4) is 0 Å². The summed E-state index contributed by atoms with van der Waals surface area (Å²) in [6.07, 6.45) is 1.07. The van der Waals surface area contributed by atoms with Crippen molar-refractivity contribution in [1.29, 1.82) is 0 Å². The number of amides is 16. The monoisotopic (exact) mass is 2070 g/mol. The Balaban J connectivity index is 1.14. The number of nitrogens with one attached hydrogen (secondary N) is 16. The quantitative estimate of drug-likeness (QED) is 0.0297. The Labute approximate surface area is 864 Å². The van der Waals surface area contributed by atoms with E-state index in [9.17, 15) is 58.5 Å².